The second-order valence-corrected chi connectivity index (χ2v) is 8.66. The van der Waals surface area contributed by atoms with Gasteiger partial charge in [0.15, 0.2) is 10.8 Å². The molecule has 0 aromatic carbocycles. The fraction of sp³-hybridized carbons (Fsp3) is 0.824. The van der Waals surface area contributed by atoms with Gasteiger partial charge < -0.3 is 4.74 Å². The molecule has 0 aromatic heterocycles. The Balaban J connectivity index is 1.77. The highest BCUT2D eigenvalue weighted by Gasteiger charge is 3.02. The Morgan fingerprint density at radius 2 is 2.09 bits per heavy atom. The standard InChI is InChI=1S/C17H22N4OS/c1-2-3-12-4-6-14(7-5-12)15(10-18)13(20)21-17(16(14,15)11-19)22-8-9-23-17/h12H,2-9H2,1H3,(H2,20,21)/p+1/t12?,14?,15-,16+,17-/m1/s1. The molecule has 2 heterocycles. The summed E-state index contributed by atoms with van der Waals surface area (Å²) in [6.07, 6.45) is 6.44. The normalized spacial score (nSPS) is 50.4. The summed E-state index contributed by atoms with van der Waals surface area (Å²) in [4.78, 5) is 3.21. The molecule has 3 N–H and O–H groups in total. The average Bonchev–Trinajstić information content (AvgIpc) is 2.83. The van der Waals surface area contributed by atoms with Crippen molar-refractivity contribution in [2.24, 2.45) is 27.9 Å². The molecule has 2 aliphatic heterocycles. The summed E-state index contributed by atoms with van der Waals surface area (Å²) in [6.45, 7) is 2.82. The summed E-state index contributed by atoms with van der Waals surface area (Å²) in [7, 11) is 0. The molecule has 2 spiro atoms. The zero-order valence-corrected chi connectivity index (χ0v) is 14.3. The van der Waals surface area contributed by atoms with Crippen molar-refractivity contribution in [3.05, 3.63) is 0 Å². The summed E-state index contributed by atoms with van der Waals surface area (Å²) >= 11 is 1.61. The highest BCUT2D eigenvalue weighted by atomic mass is 32.2. The van der Waals surface area contributed by atoms with Gasteiger partial charge in [0.2, 0.25) is 0 Å². The van der Waals surface area contributed by atoms with E-state index in [1.54, 1.807) is 11.8 Å². The first-order chi connectivity index (χ1) is 11.1. The number of nitrogens with two attached hydrogens (primary N) is 1. The molecule has 122 valence electrons. The van der Waals surface area contributed by atoms with E-state index in [-0.39, 0.29) is 5.41 Å². The van der Waals surface area contributed by atoms with Crippen LogP contribution in [0.25, 0.3) is 0 Å². The summed E-state index contributed by atoms with van der Waals surface area (Å²) in [5.74, 6) is 2.02. The topological polar surface area (TPSA) is 96.8 Å². The SMILES string of the molecule is CCCC1CCC2(CC1)[C@]1(C#N)[C@@]3([NH+]=C(N)[C@]21C#N)OCCS3. The lowest BCUT2D eigenvalue weighted by molar-refractivity contribution is -0.586. The van der Waals surface area contributed by atoms with Gasteiger partial charge in [0.1, 0.15) is 0 Å². The molecular formula is C17H23N4OS+. The van der Waals surface area contributed by atoms with Crippen LogP contribution in [-0.2, 0) is 4.74 Å². The fourth-order valence-corrected chi connectivity index (χ4v) is 7.33. The van der Waals surface area contributed by atoms with Gasteiger partial charge in [-0.3, -0.25) is 5.73 Å². The predicted octanol–water partition coefficient (Wildman–Crippen LogP) is 0.865. The Bertz CT molecular complexity index is 648. The van der Waals surface area contributed by atoms with Gasteiger partial charge in [0, 0.05) is 11.2 Å². The van der Waals surface area contributed by atoms with Crippen LogP contribution < -0.4 is 10.7 Å². The molecule has 2 saturated carbocycles. The summed E-state index contributed by atoms with van der Waals surface area (Å²) in [6, 6.07) is 5.02. The molecule has 0 bridgehead atoms. The quantitative estimate of drug-likeness (QED) is 0.782. The molecule has 4 rings (SSSR count). The van der Waals surface area contributed by atoms with E-state index in [0.29, 0.717) is 12.4 Å². The predicted molar refractivity (Wildman–Crippen MR) is 86.7 cm³/mol. The van der Waals surface area contributed by atoms with Crippen molar-refractivity contribution in [3.8, 4) is 12.1 Å². The lowest BCUT2D eigenvalue weighted by Gasteiger charge is -2.35. The highest BCUT2D eigenvalue weighted by molar-refractivity contribution is 8.00. The van der Waals surface area contributed by atoms with Gasteiger partial charge >= 0.3 is 0 Å². The third-order valence-corrected chi connectivity index (χ3v) is 8.12. The van der Waals surface area contributed by atoms with Crippen LogP contribution in [-0.4, -0.2) is 23.3 Å². The molecular weight excluding hydrogens is 308 g/mol. The maximum atomic E-state index is 10.2. The lowest BCUT2D eigenvalue weighted by atomic mass is 9.72. The van der Waals surface area contributed by atoms with Crippen LogP contribution in [0, 0.1) is 44.8 Å². The fourth-order valence-electron chi connectivity index (χ4n) is 5.91. The van der Waals surface area contributed by atoms with Gasteiger partial charge in [-0.15, -0.1) is 0 Å². The molecule has 0 radical (unpaired) electrons. The molecule has 1 saturated heterocycles. The van der Waals surface area contributed by atoms with Crippen molar-refractivity contribution >= 4 is 17.6 Å². The zero-order valence-electron chi connectivity index (χ0n) is 13.5. The zero-order chi connectivity index (χ0) is 16.3. The van der Waals surface area contributed by atoms with Crippen molar-refractivity contribution < 1.29 is 9.73 Å². The monoisotopic (exact) mass is 331 g/mol. The van der Waals surface area contributed by atoms with Gasteiger partial charge in [-0.25, -0.2) is 4.99 Å². The van der Waals surface area contributed by atoms with E-state index in [2.05, 4.69) is 24.1 Å². The number of hydrogen-bond donors (Lipinski definition) is 2. The van der Waals surface area contributed by atoms with E-state index in [1.807, 2.05) is 0 Å². The Morgan fingerprint density at radius 3 is 2.61 bits per heavy atom. The third kappa shape index (κ3) is 1.34. The molecule has 3 fully saturated rings. The molecule has 3 atom stereocenters. The number of thioether (sulfide) groups is 1. The molecule has 4 aliphatic rings. The van der Waals surface area contributed by atoms with Crippen LogP contribution in [0.5, 0.6) is 0 Å². The maximum Gasteiger partial charge on any atom is 0.277 e. The summed E-state index contributed by atoms with van der Waals surface area (Å²) < 4.78 is 6.03. The number of amidine groups is 1. The van der Waals surface area contributed by atoms with Crippen molar-refractivity contribution in [3.63, 3.8) is 0 Å². The molecule has 6 heteroatoms. The number of fused-ring (bicyclic) bond motifs is 4. The second-order valence-electron chi connectivity index (χ2n) is 7.39. The molecule has 2 aliphatic carbocycles. The first-order valence-electron chi connectivity index (χ1n) is 8.61. The molecule has 5 nitrogen and oxygen atoms in total. The Kier molecular flexibility index (Phi) is 3.09. The van der Waals surface area contributed by atoms with Crippen molar-refractivity contribution in [2.45, 2.75) is 50.5 Å². The minimum atomic E-state index is -0.886. The molecule has 23 heavy (non-hydrogen) atoms. The van der Waals surface area contributed by atoms with E-state index >= 15 is 0 Å². The van der Waals surface area contributed by atoms with E-state index in [9.17, 15) is 10.5 Å². The van der Waals surface area contributed by atoms with Crippen molar-refractivity contribution in [2.75, 3.05) is 12.4 Å². The van der Waals surface area contributed by atoms with Crippen LogP contribution in [0.2, 0.25) is 0 Å². The summed E-state index contributed by atoms with van der Waals surface area (Å²) in [5.41, 5.74) is 4.26. The average molecular weight is 331 g/mol. The molecule has 0 amide bonds. The first kappa shape index (κ1) is 15.3. The Labute approximate surface area is 141 Å². The minimum Gasteiger partial charge on any atom is -0.327 e. The molecule has 0 unspecified atom stereocenters. The Morgan fingerprint density at radius 1 is 1.35 bits per heavy atom. The largest absolute Gasteiger partial charge is 0.327 e. The van der Waals surface area contributed by atoms with Gasteiger partial charge in [-0.1, -0.05) is 31.5 Å². The van der Waals surface area contributed by atoms with E-state index in [4.69, 9.17) is 10.5 Å². The minimum absolute atomic E-state index is 0.333. The van der Waals surface area contributed by atoms with E-state index in [1.165, 1.54) is 12.8 Å². The van der Waals surface area contributed by atoms with E-state index < -0.39 is 15.9 Å². The molecule has 0 aromatic rings. The van der Waals surface area contributed by atoms with Gasteiger partial charge in [0.05, 0.1) is 18.7 Å². The first-order valence-corrected chi connectivity index (χ1v) is 9.60. The number of nitrogens with one attached hydrogen (secondary N) is 1. The summed E-state index contributed by atoms with van der Waals surface area (Å²) in [5, 5.41) is 19.4. The van der Waals surface area contributed by atoms with Gasteiger partial charge in [-0.2, -0.15) is 10.5 Å². The van der Waals surface area contributed by atoms with Crippen LogP contribution in [0.4, 0.5) is 0 Å². The smallest absolute Gasteiger partial charge is 0.277 e. The maximum absolute atomic E-state index is 10.2. The number of rotatable bonds is 2. The van der Waals surface area contributed by atoms with E-state index in [0.717, 1.165) is 37.4 Å². The van der Waals surface area contributed by atoms with Crippen molar-refractivity contribution in [1.29, 1.82) is 10.5 Å². The highest BCUT2D eigenvalue weighted by Crippen LogP contribution is 2.87. The van der Waals surface area contributed by atoms with Crippen LogP contribution in [0.1, 0.15) is 45.4 Å². The number of hydrogen-bond acceptors (Lipinski definition) is 5. The third-order valence-electron chi connectivity index (χ3n) is 6.82. The van der Waals surface area contributed by atoms with Crippen LogP contribution in [0.15, 0.2) is 0 Å². The van der Waals surface area contributed by atoms with Crippen molar-refractivity contribution in [1.82, 2.24) is 0 Å². The van der Waals surface area contributed by atoms with Crippen LogP contribution in [0.3, 0.4) is 0 Å². The lowest BCUT2D eigenvalue weighted by Crippen LogP contribution is -2.88. The Hall–Kier alpha value is -1.24. The second kappa shape index (κ2) is 4.65. The number of ether oxygens (including phenoxy) is 1. The number of nitrogens with zero attached hydrogens (tertiary/aromatic N) is 2. The van der Waals surface area contributed by atoms with Gasteiger partial charge in [-0.05, 0) is 31.6 Å². The van der Waals surface area contributed by atoms with Crippen LogP contribution >= 0.6 is 11.8 Å². The number of nitriles is 2. The van der Waals surface area contributed by atoms with Gasteiger partial charge in [0.25, 0.3) is 10.9 Å².